The lowest BCUT2D eigenvalue weighted by molar-refractivity contribution is -0.128. The Morgan fingerprint density at radius 3 is 2.48 bits per heavy atom. The van der Waals surface area contributed by atoms with Gasteiger partial charge in [-0.3, -0.25) is 4.79 Å². The number of carbonyl (C=O) groups is 1. The lowest BCUT2D eigenvalue weighted by Crippen LogP contribution is -2.17. The number of ketones is 1. The minimum Gasteiger partial charge on any atom is -0.496 e. The molecule has 0 heterocycles. The van der Waals surface area contributed by atoms with E-state index in [1.807, 2.05) is 48.5 Å². The summed E-state index contributed by atoms with van der Waals surface area (Å²) in [5, 5.41) is 0. The van der Waals surface area contributed by atoms with Gasteiger partial charge in [0, 0.05) is 23.6 Å². The fourth-order valence-electron chi connectivity index (χ4n) is 2.25. The molecule has 4 heteroatoms. The van der Waals surface area contributed by atoms with E-state index in [9.17, 15) is 4.79 Å². The van der Waals surface area contributed by atoms with Gasteiger partial charge in [0.2, 0.25) is 0 Å². The van der Waals surface area contributed by atoms with E-state index in [-0.39, 0.29) is 12.2 Å². The van der Waals surface area contributed by atoms with Gasteiger partial charge in [0.25, 0.3) is 0 Å². The molecule has 0 fully saturated rings. The zero-order chi connectivity index (χ0) is 15.2. The average molecular weight is 349 g/mol. The topological polar surface area (TPSA) is 35.5 Å². The van der Waals surface area contributed by atoms with Crippen molar-refractivity contribution in [1.82, 2.24) is 0 Å². The molecular weight excluding hydrogens is 332 g/mol. The van der Waals surface area contributed by atoms with Crippen molar-refractivity contribution in [3.05, 3.63) is 64.1 Å². The Hall–Kier alpha value is -1.65. The quantitative estimate of drug-likeness (QED) is 0.792. The number of hydrogen-bond acceptors (Lipinski definition) is 3. The van der Waals surface area contributed by atoms with Crippen LogP contribution in [0.15, 0.2) is 53.0 Å². The predicted octanol–water partition coefficient (Wildman–Crippen LogP) is 3.96. The third kappa shape index (κ3) is 3.93. The number of ether oxygens (including phenoxy) is 2. The molecule has 0 aromatic heterocycles. The largest absolute Gasteiger partial charge is 0.496 e. The van der Waals surface area contributed by atoms with Crippen molar-refractivity contribution >= 4 is 21.7 Å². The summed E-state index contributed by atoms with van der Waals surface area (Å²) >= 11 is 3.42. The second kappa shape index (κ2) is 7.38. The fraction of sp³-hybridized carbons (Fsp3) is 0.235. The van der Waals surface area contributed by atoms with Crippen LogP contribution >= 0.6 is 15.9 Å². The highest BCUT2D eigenvalue weighted by Gasteiger charge is 2.21. The van der Waals surface area contributed by atoms with Gasteiger partial charge < -0.3 is 9.47 Å². The van der Waals surface area contributed by atoms with E-state index < -0.39 is 6.10 Å². The zero-order valence-corrected chi connectivity index (χ0v) is 13.6. The van der Waals surface area contributed by atoms with Crippen LogP contribution in [0.1, 0.15) is 17.2 Å². The normalized spacial score (nSPS) is 12.0. The lowest BCUT2D eigenvalue weighted by Gasteiger charge is -2.16. The molecule has 2 aromatic rings. The monoisotopic (exact) mass is 348 g/mol. The summed E-state index contributed by atoms with van der Waals surface area (Å²) in [6, 6.07) is 15.1. The summed E-state index contributed by atoms with van der Waals surface area (Å²) in [5.41, 5.74) is 1.70. The highest BCUT2D eigenvalue weighted by Crippen LogP contribution is 2.26. The second-order valence-electron chi connectivity index (χ2n) is 4.63. The Bertz CT molecular complexity index is 611. The van der Waals surface area contributed by atoms with Gasteiger partial charge in [-0.1, -0.05) is 46.3 Å². The van der Waals surface area contributed by atoms with Crippen LogP contribution in [0.3, 0.4) is 0 Å². The summed E-state index contributed by atoms with van der Waals surface area (Å²) in [6.45, 7) is 0. The second-order valence-corrected chi connectivity index (χ2v) is 5.54. The van der Waals surface area contributed by atoms with Crippen LogP contribution in [0.25, 0.3) is 0 Å². The third-order valence-electron chi connectivity index (χ3n) is 3.24. The summed E-state index contributed by atoms with van der Waals surface area (Å²) in [6.07, 6.45) is -0.300. The first-order chi connectivity index (χ1) is 10.2. The first kappa shape index (κ1) is 15.7. The van der Waals surface area contributed by atoms with Crippen LogP contribution in [0.2, 0.25) is 0 Å². The molecule has 0 radical (unpaired) electrons. The van der Waals surface area contributed by atoms with Gasteiger partial charge in [-0.2, -0.15) is 0 Å². The smallest absolute Gasteiger partial charge is 0.170 e. The van der Waals surface area contributed by atoms with Crippen molar-refractivity contribution in [2.24, 2.45) is 0 Å². The molecule has 1 unspecified atom stereocenters. The van der Waals surface area contributed by atoms with Crippen LogP contribution < -0.4 is 4.74 Å². The summed E-state index contributed by atoms with van der Waals surface area (Å²) < 4.78 is 11.6. The molecule has 1 atom stereocenters. The highest BCUT2D eigenvalue weighted by molar-refractivity contribution is 9.10. The molecular formula is C17H17BrO3. The molecule has 21 heavy (non-hydrogen) atoms. The van der Waals surface area contributed by atoms with Crippen molar-refractivity contribution in [3.8, 4) is 5.75 Å². The highest BCUT2D eigenvalue weighted by atomic mass is 79.9. The molecule has 2 rings (SSSR count). The van der Waals surface area contributed by atoms with Gasteiger partial charge in [-0.25, -0.2) is 0 Å². The Morgan fingerprint density at radius 1 is 1.14 bits per heavy atom. The average Bonchev–Trinajstić information content (AvgIpc) is 2.49. The number of rotatable bonds is 6. The Kier molecular flexibility index (Phi) is 5.53. The molecule has 0 aliphatic heterocycles. The van der Waals surface area contributed by atoms with Crippen molar-refractivity contribution in [1.29, 1.82) is 0 Å². The van der Waals surface area contributed by atoms with Crippen molar-refractivity contribution in [3.63, 3.8) is 0 Å². The van der Waals surface area contributed by atoms with Gasteiger partial charge >= 0.3 is 0 Å². The molecule has 0 aliphatic carbocycles. The zero-order valence-electron chi connectivity index (χ0n) is 12.0. The first-order valence-electron chi connectivity index (χ1n) is 6.58. The van der Waals surface area contributed by atoms with E-state index in [4.69, 9.17) is 9.47 Å². The van der Waals surface area contributed by atoms with Gasteiger partial charge in [-0.05, 0) is 23.8 Å². The molecule has 0 spiro atoms. The number of benzene rings is 2. The number of hydrogen-bond donors (Lipinski definition) is 0. The van der Waals surface area contributed by atoms with Gasteiger partial charge in [0.15, 0.2) is 5.78 Å². The number of Topliss-reactive ketones (excluding diaryl/α,β-unsaturated/α-hetero) is 1. The van der Waals surface area contributed by atoms with Gasteiger partial charge in [0.05, 0.1) is 7.11 Å². The SMILES string of the molecule is COc1ccc(Br)cc1CC(=O)C(OC)c1ccccc1. The minimum atomic E-state index is -0.560. The Balaban J connectivity index is 2.22. The van der Waals surface area contributed by atoms with Crippen molar-refractivity contribution in [2.75, 3.05) is 14.2 Å². The molecule has 110 valence electrons. The summed E-state index contributed by atoms with van der Waals surface area (Å²) in [4.78, 5) is 12.5. The summed E-state index contributed by atoms with van der Waals surface area (Å²) in [5.74, 6) is 0.703. The molecule has 0 bridgehead atoms. The first-order valence-corrected chi connectivity index (χ1v) is 7.38. The van der Waals surface area contributed by atoms with E-state index in [0.717, 1.165) is 15.6 Å². The van der Waals surface area contributed by atoms with Crippen LogP contribution in [0.4, 0.5) is 0 Å². The molecule has 0 saturated carbocycles. The molecule has 2 aromatic carbocycles. The van der Waals surface area contributed by atoms with E-state index >= 15 is 0 Å². The maximum Gasteiger partial charge on any atom is 0.170 e. The van der Waals surface area contributed by atoms with Crippen LogP contribution in [0.5, 0.6) is 5.75 Å². The maximum atomic E-state index is 12.5. The molecule has 0 amide bonds. The molecule has 0 aliphatic rings. The summed E-state index contributed by atoms with van der Waals surface area (Å²) in [7, 11) is 3.15. The standard InChI is InChI=1S/C17H17BrO3/c1-20-16-9-8-14(18)10-13(16)11-15(19)17(21-2)12-6-4-3-5-7-12/h3-10,17H,11H2,1-2H3. The van der Waals surface area contributed by atoms with E-state index in [2.05, 4.69) is 15.9 Å². The van der Waals surface area contributed by atoms with Crippen LogP contribution in [0, 0.1) is 0 Å². The number of halogens is 1. The minimum absolute atomic E-state index is 0.0000926. The van der Waals surface area contributed by atoms with Crippen molar-refractivity contribution in [2.45, 2.75) is 12.5 Å². The Labute approximate surface area is 133 Å². The Morgan fingerprint density at radius 2 is 1.86 bits per heavy atom. The number of carbonyl (C=O) groups excluding carboxylic acids is 1. The van der Waals surface area contributed by atoms with Crippen LogP contribution in [-0.2, 0) is 16.0 Å². The van der Waals surface area contributed by atoms with Crippen LogP contribution in [-0.4, -0.2) is 20.0 Å². The van der Waals surface area contributed by atoms with E-state index in [1.165, 1.54) is 0 Å². The molecule has 3 nitrogen and oxygen atoms in total. The van der Waals surface area contributed by atoms with Crippen molar-refractivity contribution < 1.29 is 14.3 Å². The van der Waals surface area contributed by atoms with Gasteiger partial charge in [-0.15, -0.1) is 0 Å². The number of methoxy groups -OCH3 is 2. The maximum absolute atomic E-state index is 12.5. The van der Waals surface area contributed by atoms with E-state index in [1.54, 1.807) is 14.2 Å². The predicted molar refractivity (Wildman–Crippen MR) is 85.6 cm³/mol. The third-order valence-corrected chi connectivity index (χ3v) is 3.73. The molecule has 0 N–H and O–H groups in total. The van der Waals surface area contributed by atoms with Gasteiger partial charge in [0.1, 0.15) is 11.9 Å². The van der Waals surface area contributed by atoms with E-state index in [0.29, 0.717) is 5.75 Å². The lowest BCUT2D eigenvalue weighted by atomic mass is 9.99. The fourth-order valence-corrected chi connectivity index (χ4v) is 2.66. The molecule has 0 saturated heterocycles.